The molecule has 0 saturated carbocycles. The first-order valence-corrected chi connectivity index (χ1v) is 2.07. The summed E-state index contributed by atoms with van der Waals surface area (Å²) < 4.78 is 0. The van der Waals surface area contributed by atoms with E-state index in [1.165, 1.54) is 0 Å². The molecule has 0 aliphatic heterocycles. The van der Waals surface area contributed by atoms with Gasteiger partial charge in [-0.2, -0.15) is 12.8 Å². The summed E-state index contributed by atoms with van der Waals surface area (Å²) in [5.74, 6) is 0.759. The Bertz CT molecular complexity index is 17.9. The zero-order valence-electron chi connectivity index (χ0n) is 4.86. The molecule has 0 fully saturated rings. The quantitative estimate of drug-likeness (QED) is 0.381. The Morgan fingerprint density at radius 3 is 1.50 bits per heavy atom. The maximum atomic E-state index is 2.17. The maximum Gasteiger partial charge on any atom is 0 e. The summed E-state index contributed by atoms with van der Waals surface area (Å²) in [6.45, 7) is 6.41. The van der Waals surface area contributed by atoms with Crippen molar-refractivity contribution < 1.29 is 19.5 Å². The van der Waals surface area contributed by atoms with Gasteiger partial charge in [0.15, 0.2) is 0 Å². The van der Waals surface area contributed by atoms with Crippen LogP contribution in [0.5, 0.6) is 0 Å². The summed E-state index contributed by atoms with van der Waals surface area (Å²) in [4.78, 5) is 0. The Balaban J connectivity index is 0. The van der Waals surface area contributed by atoms with Crippen molar-refractivity contribution in [3.8, 4) is 0 Å². The van der Waals surface area contributed by atoms with Crippen molar-refractivity contribution >= 4 is 0 Å². The van der Waals surface area contributed by atoms with E-state index in [1.807, 2.05) is 0 Å². The van der Waals surface area contributed by atoms with Crippen LogP contribution in [0, 0.1) is 12.3 Å². The SMILES string of the molecule is C[CH-]C(C)C.[Zn]. The average Bonchev–Trinajstić information content (AvgIpc) is 1.38. The molecule has 0 nitrogen and oxygen atoms in total. The van der Waals surface area contributed by atoms with Crippen LogP contribution in [0.25, 0.3) is 0 Å². The molecule has 0 rings (SSSR count). The van der Waals surface area contributed by atoms with Gasteiger partial charge in [0.25, 0.3) is 0 Å². The fourth-order valence-electron chi connectivity index (χ4n) is 0. The molecule has 0 spiro atoms. The number of hydrogen-bond acceptors (Lipinski definition) is 0. The van der Waals surface area contributed by atoms with E-state index in [0.717, 1.165) is 5.92 Å². The molecule has 0 amide bonds. The molecule has 0 N–H and O–H groups in total. The van der Waals surface area contributed by atoms with Gasteiger partial charge in [-0.1, -0.05) is 13.8 Å². The van der Waals surface area contributed by atoms with Crippen LogP contribution >= 0.6 is 0 Å². The van der Waals surface area contributed by atoms with Gasteiger partial charge < -0.3 is 6.42 Å². The first kappa shape index (κ1) is 9.80. The van der Waals surface area contributed by atoms with Crippen molar-refractivity contribution in [1.82, 2.24) is 0 Å². The standard InChI is InChI=1S/C5H11.Zn/c1-4-5(2)3;/h4-5H,1-3H3;/q-1;. The molecule has 0 unspecified atom stereocenters. The minimum Gasteiger partial charge on any atom is -0.329 e. The second kappa shape index (κ2) is 5.62. The Morgan fingerprint density at radius 1 is 1.33 bits per heavy atom. The molecule has 0 radical (unpaired) electrons. The van der Waals surface area contributed by atoms with Crippen molar-refractivity contribution in [1.29, 1.82) is 0 Å². The van der Waals surface area contributed by atoms with E-state index in [-0.39, 0.29) is 19.5 Å². The van der Waals surface area contributed by atoms with Crippen molar-refractivity contribution in [2.75, 3.05) is 0 Å². The topological polar surface area (TPSA) is 0 Å². The van der Waals surface area contributed by atoms with E-state index in [4.69, 9.17) is 0 Å². The van der Waals surface area contributed by atoms with Crippen LogP contribution in [0.15, 0.2) is 0 Å². The minimum atomic E-state index is 0. The summed E-state index contributed by atoms with van der Waals surface area (Å²) >= 11 is 0. The molecule has 0 heterocycles. The smallest absolute Gasteiger partial charge is 0 e. The zero-order chi connectivity index (χ0) is 4.28. The molecule has 1 heteroatoms. The van der Waals surface area contributed by atoms with E-state index >= 15 is 0 Å². The number of rotatable bonds is 1. The Morgan fingerprint density at radius 2 is 1.50 bits per heavy atom. The van der Waals surface area contributed by atoms with Crippen LogP contribution in [0.2, 0.25) is 0 Å². The third-order valence-electron chi connectivity index (χ3n) is 0.667. The Labute approximate surface area is 53.1 Å². The molecular formula is C5H11Zn-. The van der Waals surface area contributed by atoms with Gasteiger partial charge in [0.1, 0.15) is 0 Å². The Kier molecular flexibility index (Phi) is 9.18. The first-order valence-electron chi connectivity index (χ1n) is 2.07. The van der Waals surface area contributed by atoms with Gasteiger partial charge >= 0.3 is 0 Å². The van der Waals surface area contributed by atoms with Crippen LogP contribution < -0.4 is 0 Å². The van der Waals surface area contributed by atoms with Gasteiger partial charge in [-0.3, -0.25) is 0 Å². The molecule has 0 aromatic rings. The second-order valence-electron chi connectivity index (χ2n) is 1.58. The van der Waals surface area contributed by atoms with E-state index in [9.17, 15) is 0 Å². The van der Waals surface area contributed by atoms with Gasteiger partial charge in [0.2, 0.25) is 0 Å². The van der Waals surface area contributed by atoms with Crippen molar-refractivity contribution in [2.24, 2.45) is 5.92 Å². The van der Waals surface area contributed by atoms with Crippen molar-refractivity contribution in [3.63, 3.8) is 0 Å². The predicted octanol–water partition coefficient (Wildman–Crippen LogP) is 1.86. The van der Waals surface area contributed by atoms with Crippen LogP contribution in [-0.4, -0.2) is 0 Å². The summed E-state index contributed by atoms with van der Waals surface area (Å²) in [6.07, 6.45) is 2.17. The van der Waals surface area contributed by atoms with Crippen molar-refractivity contribution in [3.05, 3.63) is 6.42 Å². The number of hydrogen-bond donors (Lipinski definition) is 0. The first-order chi connectivity index (χ1) is 2.27. The third kappa shape index (κ3) is 8.82. The fourth-order valence-corrected chi connectivity index (χ4v) is 0. The second-order valence-corrected chi connectivity index (χ2v) is 1.58. The molecule has 0 aromatic heterocycles. The summed E-state index contributed by atoms with van der Waals surface area (Å²) in [7, 11) is 0. The molecule has 6 heavy (non-hydrogen) atoms. The summed E-state index contributed by atoms with van der Waals surface area (Å²) in [5, 5.41) is 0. The molecule has 0 atom stereocenters. The van der Waals surface area contributed by atoms with Gasteiger partial charge in [-0.15, -0.1) is 0 Å². The molecule has 0 saturated heterocycles. The third-order valence-corrected chi connectivity index (χ3v) is 0.667. The zero-order valence-corrected chi connectivity index (χ0v) is 7.83. The Hall–Kier alpha value is 0.623. The molecule has 34 valence electrons. The van der Waals surface area contributed by atoms with Gasteiger partial charge in [0.05, 0.1) is 0 Å². The van der Waals surface area contributed by atoms with Crippen molar-refractivity contribution in [2.45, 2.75) is 20.8 Å². The van der Waals surface area contributed by atoms with E-state index < -0.39 is 0 Å². The fraction of sp³-hybridized carbons (Fsp3) is 0.800. The molecule has 0 aromatic carbocycles. The molecule has 0 aliphatic rings. The van der Waals surface area contributed by atoms with Gasteiger partial charge in [0, 0.05) is 19.5 Å². The predicted molar refractivity (Wildman–Crippen MR) is 24.8 cm³/mol. The molecule has 0 bridgehead atoms. The largest absolute Gasteiger partial charge is 0.329 e. The molecule has 0 aliphatic carbocycles. The average molecular weight is 137 g/mol. The summed E-state index contributed by atoms with van der Waals surface area (Å²) in [6, 6.07) is 0. The van der Waals surface area contributed by atoms with Gasteiger partial charge in [-0.25, -0.2) is 0 Å². The summed E-state index contributed by atoms with van der Waals surface area (Å²) in [5.41, 5.74) is 0. The molecular weight excluding hydrogens is 125 g/mol. The van der Waals surface area contributed by atoms with Crippen LogP contribution in [-0.2, 0) is 19.5 Å². The van der Waals surface area contributed by atoms with E-state index in [0.29, 0.717) is 0 Å². The monoisotopic (exact) mass is 135 g/mol. The van der Waals surface area contributed by atoms with Crippen LogP contribution in [0.3, 0.4) is 0 Å². The minimum absolute atomic E-state index is 0. The van der Waals surface area contributed by atoms with E-state index in [2.05, 4.69) is 27.2 Å². The maximum absolute atomic E-state index is 2.17. The van der Waals surface area contributed by atoms with Crippen LogP contribution in [0.1, 0.15) is 20.8 Å². The van der Waals surface area contributed by atoms with E-state index in [1.54, 1.807) is 0 Å². The van der Waals surface area contributed by atoms with Gasteiger partial charge in [-0.05, 0) is 0 Å². The van der Waals surface area contributed by atoms with Crippen LogP contribution in [0.4, 0.5) is 0 Å². The normalized spacial score (nSPS) is 8.00.